The minimum absolute atomic E-state index is 0.322. The van der Waals surface area contributed by atoms with Crippen LogP contribution < -0.4 is 10.6 Å². The van der Waals surface area contributed by atoms with Crippen molar-refractivity contribution in [2.24, 2.45) is 0 Å². The number of amides is 1. The van der Waals surface area contributed by atoms with Gasteiger partial charge in [0.15, 0.2) is 0 Å². The van der Waals surface area contributed by atoms with E-state index >= 15 is 0 Å². The number of H-pyrrole nitrogens is 1. The molecule has 6 heteroatoms. The number of hydrogen-bond acceptors (Lipinski definition) is 3. The minimum atomic E-state index is -1.05. The molecule has 21 heavy (non-hydrogen) atoms. The third kappa shape index (κ3) is 3.41. The van der Waals surface area contributed by atoms with Crippen molar-refractivity contribution in [2.45, 2.75) is 25.4 Å². The van der Waals surface area contributed by atoms with E-state index in [9.17, 15) is 9.59 Å². The predicted molar refractivity (Wildman–Crippen MR) is 80.1 cm³/mol. The number of fused-ring (bicyclic) bond motifs is 1. The molecule has 0 saturated carbocycles. The van der Waals surface area contributed by atoms with Gasteiger partial charge in [-0.25, -0.2) is 0 Å². The van der Waals surface area contributed by atoms with E-state index in [0.717, 1.165) is 16.5 Å². The standard InChI is InChI=1S/C15H19N3O3/c1-9(15(20)21)18-14(19)13(16-2)7-10-8-17-12-6-4-3-5-11(10)12/h3-6,8-9,13,16-17H,7H2,1-2H3,(H,18,19)(H,20,21). The number of carboxylic acid groups (broad SMARTS) is 1. The quantitative estimate of drug-likeness (QED) is 0.635. The summed E-state index contributed by atoms with van der Waals surface area (Å²) in [7, 11) is 1.69. The van der Waals surface area contributed by atoms with Crippen molar-refractivity contribution in [3.8, 4) is 0 Å². The molecule has 0 radical (unpaired) electrons. The summed E-state index contributed by atoms with van der Waals surface area (Å²) in [5.41, 5.74) is 2.03. The second-order valence-electron chi connectivity index (χ2n) is 4.97. The summed E-state index contributed by atoms with van der Waals surface area (Å²) >= 11 is 0. The monoisotopic (exact) mass is 289 g/mol. The van der Waals surface area contributed by atoms with Crippen molar-refractivity contribution >= 4 is 22.8 Å². The van der Waals surface area contributed by atoms with Crippen molar-refractivity contribution in [1.29, 1.82) is 0 Å². The Hall–Kier alpha value is -2.34. The molecular weight excluding hydrogens is 270 g/mol. The normalized spacial score (nSPS) is 13.8. The number of aromatic nitrogens is 1. The van der Waals surface area contributed by atoms with Crippen molar-refractivity contribution in [2.75, 3.05) is 7.05 Å². The van der Waals surface area contributed by atoms with E-state index in [4.69, 9.17) is 5.11 Å². The van der Waals surface area contributed by atoms with Gasteiger partial charge in [0.1, 0.15) is 6.04 Å². The van der Waals surface area contributed by atoms with Crippen molar-refractivity contribution in [3.05, 3.63) is 36.0 Å². The maximum absolute atomic E-state index is 12.1. The number of aromatic amines is 1. The van der Waals surface area contributed by atoms with Gasteiger partial charge in [0, 0.05) is 17.1 Å². The highest BCUT2D eigenvalue weighted by atomic mass is 16.4. The SMILES string of the molecule is CNC(Cc1c[nH]c2ccccc12)C(=O)NC(C)C(=O)O. The third-order valence-electron chi connectivity index (χ3n) is 3.49. The number of rotatable bonds is 6. The van der Waals surface area contributed by atoms with Crippen LogP contribution in [0.2, 0.25) is 0 Å². The van der Waals surface area contributed by atoms with Crippen LogP contribution in [-0.2, 0) is 16.0 Å². The number of carbonyl (C=O) groups excluding carboxylic acids is 1. The maximum Gasteiger partial charge on any atom is 0.325 e. The Kier molecular flexibility index (Phi) is 4.59. The van der Waals surface area contributed by atoms with Gasteiger partial charge in [-0.3, -0.25) is 9.59 Å². The summed E-state index contributed by atoms with van der Waals surface area (Å²) in [6, 6.07) is 6.47. The molecule has 1 amide bonds. The molecule has 1 aromatic heterocycles. The molecule has 0 fully saturated rings. The average Bonchev–Trinajstić information content (AvgIpc) is 2.87. The van der Waals surface area contributed by atoms with E-state index in [-0.39, 0.29) is 5.91 Å². The molecular formula is C15H19N3O3. The molecule has 0 aliphatic carbocycles. The first kappa shape index (κ1) is 15.1. The zero-order chi connectivity index (χ0) is 15.4. The van der Waals surface area contributed by atoms with Crippen LogP contribution in [-0.4, -0.2) is 41.1 Å². The van der Waals surface area contributed by atoms with Crippen LogP contribution in [0.25, 0.3) is 10.9 Å². The molecule has 6 nitrogen and oxygen atoms in total. The lowest BCUT2D eigenvalue weighted by molar-refractivity contribution is -0.141. The summed E-state index contributed by atoms with van der Waals surface area (Å²) in [4.78, 5) is 26.1. The number of likely N-dealkylation sites (N-methyl/N-ethyl adjacent to an activating group) is 1. The average molecular weight is 289 g/mol. The van der Waals surface area contributed by atoms with Gasteiger partial charge in [-0.05, 0) is 32.0 Å². The molecule has 0 aliphatic rings. The molecule has 2 rings (SSSR count). The molecule has 1 heterocycles. The van der Waals surface area contributed by atoms with Gasteiger partial charge in [0.2, 0.25) is 5.91 Å². The topological polar surface area (TPSA) is 94.2 Å². The molecule has 0 bridgehead atoms. The minimum Gasteiger partial charge on any atom is -0.480 e. The van der Waals surface area contributed by atoms with Crippen LogP contribution in [0, 0.1) is 0 Å². The summed E-state index contributed by atoms with van der Waals surface area (Å²) in [5.74, 6) is -1.37. The Morgan fingerprint density at radius 3 is 2.71 bits per heavy atom. The smallest absolute Gasteiger partial charge is 0.325 e. The van der Waals surface area contributed by atoms with Crippen LogP contribution in [0.1, 0.15) is 12.5 Å². The summed E-state index contributed by atoms with van der Waals surface area (Å²) in [6.45, 7) is 1.44. The molecule has 4 N–H and O–H groups in total. The Balaban J connectivity index is 2.12. The summed E-state index contributed by atoms with van der Waals surface area (Å²) in [5, 5.41) is 15.3. The molecule has 112 valence electrons. The van der Waals surface area contributed by atoms with Gasteiger partial charge < -0.3 is 20.7 Å². The largest absolute Gasteiger partial charge is 0.480 e. The van der Waals surface area contributed by atoms with E-state index in [2.05, 4.69) is 15.6 Å². The lowest BCUT2D eigenvalue weighted by Gasteiger charge is -2.17. The summed E-state index contributed by atoms with van der Waals surface area (Å²) < 4.78 is 0. The van der Waals surface area contributed by atoms with Crippen LogP contribution >= 0.6 is 0 Å². The van der Waals surface area contributed by atoms with E-state index < -0.39 is 18.1 Å². The molecule has 1 aromatic carbocycles. The first-order valence-electron chi connectivity index (χ1n) is 6.78. The summed E-state index contributed by atoms with van der Waals surface area (Å²) in [6.07, 6.45) is 2.36. The van der Waals surface area contributed by atoms with Gasteiger partial charge in [-0.2, -0.15) is 0 Å². The Bertz CT molecular complexity index is 650. The fraction of sp³-hybridized carbons (Fsp3) is 0.333. The lowest BCUT2D eigenvalue weighted by atomic mass is 10.0. The fourth-order valence-corrected chi connectivity index (χ4v) is 2.22. The molecule has 2 atom stereocenters. The number of benzene rings is 1. The molecule has 0 spiro atoms. The maximum atomic E-state index is 12.1. The van der Waals surface area contributed by atoms with Crippen molar-refractivity contribution in [1.82, 2.24) is 15.6 Å². The van der Waals surface area contributed by atoms with E-state index in [1.54, 1.807) is 7.05 Å². The lowest BCUT2D eigenvalue weighted by Crippen LogP contribution is -2.49. The first-order valence-corrected chi connectivity index (χ1v) is 6.78. The number of aliphatic carboxylic acids is 1. The number of carbonyl (C=O) groups is 2. The van der Waals surface area contributed by atoms with Gasteiger partial charge in [0.25, 0.3) is 0 Å². The second kappa shape index (κ2) is 6.41. The molecule has 0 saturated heterocycles. The Morgan fingerprint density at radius 1 is 1.33 bits per heavy atom. The van der Waals surface area contributed by atoms with Crippen molar-refractivity contribution in [3.63, 3.8) is 0 Å². The van der Waals surface area contributed by atoms with Crippen LogP contribution in [0.5, 0.6) is 0 Å². The first-order chi connectivity index (χ1) is 10.0. The van der Waals surface area contributed by atoms with Crippen molar-refractivity contribution < 1.29 is 14.7 Å². The predicted octanol–water partition coefficient (Wildman–Crippen LogP) is 0.888. The zero-order valence-electron chi connectivity index (χ0n) is 12.0. The van der Waals surface area contributed by atoms with Gasteiger partial charge >= 0.3 is 5.97 Å². The second-order valence-corrected chi connectivity index (χ2v) is 4.97. The van der Waals surface area contributed by atoms with Gasteiger partial charge in [-0.15, -0.1) is 0 Å². The molecule has 0 aliphatic heterocycles. The molecule has 2 unspecified atom stereocenters. The number of nitrogens with one attached hydrogen (secondary N) is 3. The van der Waals surface area contributed by atoms with Gasteiger partial charge in [-0.1, -0.05) is 18.2 Å². The number of carboxylic acids is 1. The van der Waals surface area contributed by atoms with Crippen LogP contribution in [0.3, 0.4) is 0 Å². The fourth-order valence-electron chi connectivity index (χ4n) is 2.22. The highest BCUT2D eigenvalue weighted by Crippen LogP contribution is 2.19. The highest BCUT2D eigenvalue weighted by Gasteiger charge is 2.22. The van der Waals surface area contributed by atoms with Crippen LogP contribution in [0.4, 0.5) is 0 Å². The van der Waals surface area contributed by atoms with E-state index in [0.29, 0.717) is 6.42 Å². The molecule has 2 aromatic rings. The van der Waals surface area contributed by atoms with Crippen LogP contribution in [0.15, 0.2) is 30.5 Å². The van der Waals surface area contributed by atoms with Gasteiger partial charge in [0.05, 0.1) is 6.04 Å². The van der Waals surface area contributed by atoms with E-state index in [1.165, 1.54) is 6.92 Å². The number of para-hydroxylation sites is 1. The number of hydrogen-bond donors (Lipinski definition) is 4. The highest BCUT2D eigenvalue weighted by molar-refractivity contribution is 5.88. The Morgan fingerprint density at radius 2 is 2.05 bits per heavy atom. The Labute approximate surface area is 122 Å². The third-order valence-corrected chi connectivity index (χ3v) is 3.49. The zero-order valence-corrected chi connectivity index (χ0v) is 12.0. The van der Waals surface area contributed by atoms with E-state index in [1.807, 2.05) is 30.5 Å².